The molecule has 0 N–H and O–H groups in total. The molecular formula is C60H36N4S. The van der Waals surface area contributed by atoms with E-state index >= 15 is 0 Å². The highest BCUT2D eigenvalue weighted by atomic mass is 32.1. The number of pyridine rings is 1. The molecule has 0 amide bonds. The number of aromatic nitrogens is 4. The summed E-state index contributed by atoms with van der Waals surface area (Å²) in [4.78, 5) is 20.4. The maximum atomic E-state index is 5.39. The van der Waals surface area contributed by atoms with Gasteiger partial charge in [0.2, 0.25) is 0 Å². The van der Waals surface area contributed by atoms with Crippen LogP contribution in [-0.4, -0.2) is 19.9 Å². The largest absolute Gasteiger partial charge is 0.264 e. The minimum absolute atomic E-state index is 0.607. The van der Waals surface area contributed by atoms with Crippen LogP contribution in [0, 0.1) is 0 Å². The summed E-state index contributed by atoms with van der Waals surface area (Å²) < 4.78 is 2.46. The summed E-state index contributed by atoms with van der Waals surface area (Å²) in [5.74, 6) is 1.84. The summed E-state index contributed by atoms with van der Waals surface area (Å²) >= 11 is 1.80. The molecule has 3 aromatic heterocycles. The van der Waals surface area contributed by atoms with Crippen LogP contribution in [0.5, 0.6) is 0 Å². The van der Waals surface area contributed by atoms with E-state index in [9.17, 15) is 0 Å². The van der Waals surface area contributed by atoms with Crippen molar-refractivity contribution in [2.24, 2.45) is 0 Å². The minimum atomic E-state index is 0.607. The normalized spacial score (nSPS) is 11.7. The van der Waals surface area contributed by atoms with Gasteiger partial charge in [-0.05, 0) is 125 Å². The first-order valence-electron chi connectivity index (χ1n) is 21.8. The van der Waals surface area contributed by atoms with Crippen molar-refractivity contribution in [1.29, 1.82) is 0 Å². The van der Waals surface area contributed by atoms with Crippen LogP contribution in [0.15, 0.2) is 219 Å². The molecule has 65 heavy (non-hydrogen) atoms. The topological polar surface area (TPSA) is 51.6 Å². The van der Waals surface area contributed by atoms with Crippen molar-refractivity contribution in [3.63, 3.8) is 0 Å². The zero-order chi connectivity index (χ0) is 42.8. The highest BCUT2D eigenvalue weighted by molar-refractivity contribution is 7.25. The van der Waals surface area contributed by atoms with Crippen LogP contribution in [-0.2, 0) is 0 Å². The van der Waals surface area contributed by atoms with Crippen LogP contribution in [0.3, 0.4) is 0 Å². The summed E-state index contributed by atoms with van der Waals surface area (Å²) in [5.41, 5.74) is 9.38. The molecule has 0 spiro atoms. The van der Waals surface area contributed by atoms with Crippen molar-refractivity contribution in [2.45, 2.75) is 0 Å². The van der Waals surface area contributed by atoms with E-state index in [1.54, 1.807) is 17.5 Å². The number of hydrogen-bond acceptors (Lipinski definition) is 5. The third-order valence-electron chi connectivity index (χ3n) is 12.8. The average Bonchev–Trinajstić information content (AvgIpc) is 3.76. The average molecular weight is 845 g/mol. The van der Waals surface area contributed by atoms with E-state index in [-0.39, 0.29) is 0 Å². The summed E-state index contributed by atoms with van der Waals surface area (Å²) in [6.45, 7) is 0. The molecule has 0 aliphatic heterocycles. The maximum absolute atomic E-state index is 5.39. The molecule has 0 atom stereocenters. The van der Waals surface area contributed by atoms with Crippen molar-refractivity contribution >= 4 is 74.6 Å². The van der Waals surface area contributed by atoms with Gasteiger partial charge in [0.25, 0.3) is 0 Å². The predicted octanol–water partition coefficient (Wildman–Crippen LogP) is 16.2. The smallest absolute Gasteiger partial charge is 0.164 e. The molecule has 4 nitrogen and oxygen atoms in total. The van der Waals surface area contributed by atoms with Gasteiger partial charge in [-0.2, -0.15) is 0 Å². The van der Waals surface area contributed by atoms with Gasteiger partial charge < -0.3 is 0 Å². The van der Waals surface area contributed by atoms with Crippen molar-refractivity contribution in [3.05, 3.63) is 219 Å². The Morgan fingerprint density at radius 2 is 0.754 bits per heavy atom. The molecule has 13 aromatic rings. The van der Waals surface area contributed by atoms with E-state index in [1.807, 2.05) is 12.3 Å². The molecule has 0 fully saturated rings. The molecule has 3 heterocycles. The van der Waals surface area contributed by atoms with Crippen LogP contribution in [0.1, 0.15) is 0 Å². The molecule has 13 rings (SSSR count). The molecule has 0 aliphatic carbocycles. The van der Waals surface area contributed by atoms with Crippen molar-refractivity contribution in [3.8, 4) is 67.5 Å². The number of nitrogens with zero attached hydrogens (tertiary/aromatic N) is 4. The molecule has 302 valence electrons. The Balaban J connectivity index is 1.07. The highest BCUT2D eigenvalue weighted by Gasteiger charge is 2.19. The van der Waals surface area contributed by atoms with Crippen LogP contribution in [0.2, 0.25) is 0 Å². The molecule has 0 unspecified atom stereocenters. The Morgan fingerprint density at radius 3 is 1.37 bits per heavy atom. The van der Waals surface area contributed by atoms with Crippen molar-refractivity contribution in [2.75, 3.05) is 0 Å². The Kier molecular flexibility index (Phi) is 8.68. The van der Waals surface area contributed by atoms with Gasteiger partial charge in [0.05, 0.1) is 0 Å². The number of fused-ring (bicyclic) bond motifs is 9. The lowest BCUT2D eigenvalue weighted by Crippen LogP contribution is -2.01. The van der Waals surface area contributed by atoms with Crippen molar-refractivity contribution in [1.82, 2.24) is 19.9 Å². The Bertz CT molecular complexity index is 3870. The lowest BCUT2D eigenvalue weighted by molar-refractivity contribution is 1.07. The van der Waals surface area contributed by atoms with Crippen LogP contribution >= 0.6 is 11.3 Å². The van der Waals surface area contributed by atoms with Gasteiger partial charge in [0.15, 0.2) is 17.5 Å². The predicted molar refractivity (Wildman–Crippen MR) is 273 cm³/mol. The Morgan fingerprint density at radius 1 is 0.277 bits per heavy atom. The van der Waals surface area contributed by atoms with E-state index < -0.39 is 0 Å². The number of thiophene rings is 1. The van der Waals surface area contributed by atoms with E-state index in [1.165, 1.54) is 63.3 Å². The van der Waals surface area contributed by atoms with Gasteiger partial charge in [-0.15, -0.1) is 11.3 Å². The van der Waals surface area contributed by atoms with E-state index in [4.69, 9.17) is 15.0 Å². The molecule has 0 saturated heterocycles. The summed E-state index contributed by atoms with van der Waals surface area (Å²) in [7, 11) is 0. The monoisotopic (exact) mass is 844 g/mol. The molecule has 0 aliphatic rings. The fourth-order valence-corrected chi connectivity index (χ4v) is 10.8. The molecule has 5 heteroatoms. The molecule has 10 aromatic carbocycles. The first-order chi connectivity index (χ1) is 32.2. The first kappa shape index (κ1) is 37.2. The number of hydrogen-bond donors (Lipinski definition) is 0. The lowest BCUT2D eigenvalue weighted by Gasteiger charge is -2.16. The van der Waals surface area contributed by atoms with E-state index in [0.717, 1.165) is 50.1 Å². The summed E-state index contributed by atoms with van der Waals surface area (Å²) in [6.07, 6.45) is 3.69. The molecule has 0 saturated carbocycles. The molecule has 0 radical (unpaired) electrons. The minimum Gasteiger partial charge on any atom is -0.264 e. The fourth-order valence-electron chi connectivity index (χ4n) is 9.63. The van der Waals surface area contributed by atoms with Gasteiger partial charge >= 0.3 is 0 Å². The maximum Gasteiger partial charge on any atom is 0.164 e. The number of benzene rings is 10. The first-order valence-corrected chi connectivity index (χ1v) is 22.7. The molecular weight excluding hydrogens is 809 g/mol. The zero-order valence-corrected chi connectivity index (χ0v) is 35.8. The SMILES string of the molecule is c1cncc(-c2ccc(-c3nc(-c4cc(-c5cc6ccccc6c6ccccc56)cc(-c5cc6ccccc6c6ccccc56)c4)nc(-c4ccc5c(c4)sc4ccccc45)n3)cc2)c1. The lowest BCUT2D eigenvalue weighted by atomic mass is 9.88. The van der Waals surface area contributed by atoms with E-state index in [2.05, 4.69) is 205 Å². The third-order valence-corrected chi connectivity index (χ3v) is 13.9. The second-order valence-electron chi connectivity index (χ2n) is 16.6. The Hall–Kier alpha value is -8.38. The van der Waals surface area contributed by atoms with Gasteiger partial charge in [-0.25, -0.2) is 15.0 Å². The summed E-state index contributed by atoms with van der Waals surface area (Å²) in [5, 5.41) is 12.2. The van der Waals surface area contributed by atoms with Crippen LogP contribution < -0.4 is 0 Å². The fraction of sp³-hybridized carbons (Fsp3) is 0. The quantitative estimate of drug-likeness (QED) is 0.156. The highest BCUT2D eigenvalue weighted by Crippen LogP contribution is 2.42. The molecule has 0 bridgehead atoms. The summed E-state index contributed by atoms with van der Waals surface area (Å²) in [6, 6.07) is 74.1. The second kappa shape index (κ2) is 15.2. The van der Waals surface area contributed by atoms with Gasteiger partial charge in [0.1, 0.15) is 0 Å². The number of rotatable bonds is 6. The zero-order valence-electron chi connectivity index (χ0n) is 35.0. The third kappa shape index (κ3) is 6.44. The van der Waals surface area contributed by atoms with Crippen molar-refractivity contribution < 1.29 is 0 Å². The van der Waals surface area contributed by atoms with Gasteiger partial charge in [-0.3, -0.25) is 4.98 Å². The van der Waals surface area contributed by atoms with Crippen LogP contribution in [0.4, 0.5) is 0 Å². The second-order valence-corrected chi connectivity index (χ2v) is 17.7. The van der Waals surface area contributed by atoms with Gasteiger partial charge in [-0.1, -0.05) is 158 Å². The standard InChI is InChI=1S/C60H36N4S/c1-3-15-46-39(12-1)33-54(50-19-7-5-17-48(46)50)43-30-44(55-34-40-13-2-4-16-47(40)49-18-6-8-20-51(49)55)32-45(31-43)60-63-58(38-25-23-37(24-26-38)42-14-11-29-61-36-42)62-59(64-60)41-27-28-53-52-21-9-10-22-56(52)65-57(53)35-41/h1-36H. The van der Waals surface area contributed by atoms with Gasteiger partial charge in [0, 0.05) is 49.3 Å². The Labute approximate surface area is 378 Å². The van der Waals surface area contributed by atoms with E-state index in [0.29, 0.717) is 17.5 Å². The van der Waals surface area contributed by atoms with Crippen LogP contribution in [0.25, 0.3) is 131 Å².